The Morgan fingerprint density at radius 1 is 1.21 bits per heavy atom. The van der Waals surface area contributed by atoms with Crippen LogP contribution >= 0.6 is 11.3 Å². The molecule has 5 nitrogen and oxygen atoms in total. The number of carbonyl (C=O) groups excluding carboxylic acids is 1. The zero-order valence-corrected chi connectivity index (χ0v) is 18.4. The third-order valence-corrected chi connectivity index (χ3v) is 5.74. The zero-order chi connectivity index (χ0) is 22.2. The van der Waals surface area contributed by atoms with E-state index in [0.29, 0.717) is 23.1 Å². The van der Waals surface area contributed by atoms with Crippen LogP contribution in [-0.4, -0.2) is 79.4 Å². The number of hydrazone groups is 1. The van der Waals surface area contributed by atoms with Crippen molar-refractivity contribution in [2.24, 2.45) is 5.10 Å². The first-order valence-electron chi connectivity index (χ1n) is 9.52. The molecule has 0 atom stereocenters. The van der Waals surface area contributed by atoms with Gasteiger partial charge in [-0.2, -0.15) is 18.3 Å². The fraction of sp³-hybridized carbons (Fsp3) is 0.600. The quantitative estimate of drug-likeness (QED) is 0.382. The van der Waals surface area contributed by atoms with E-state index < -0.39 is 12.7 Å². The average molecular weight is 433 g/mol. The maximum absolute atomic E-state index is 12.7. The summed E-state index contributed by atoms with van der Waals surface area (Å²) in [5.41, 5.74) is 0.553. The van der Waals surface area contributed by atoms with Gasteiger partial charge < -0.3 is 9.80 Å². The molecule has 1 fully saturated rings. The summed E-state index contributed by atoms with van der Waals surface area (Å²) in [6.07, 6.45) is -1.92. The molecule has 1 saturated heterocycles. The van der Waals surface area contributed by atoms with Crippen LogP contribution in [0.2, 0.25) is 0 Å². The Labute approximate surface area is 175 Å². The van der Waals surface area contributed by atoms with Gasteiger partial charge in [0.1, 0.15) is 6.54 Å². The van der Waals surface area contributed by atoms with E-state index in [-0.39, 0.29) is 5.91 Å². The molecule has 0 unspecified atom stereocenters. The number of nitrogens with zero attached hydrogens (tertiary/aromatic N) is 4. The van der Waals surface area contributed by atoms with Crippen molar-refractivity contribution in [3.8, 4) is 0 Å². The topological polar surface area (TPSA) is 39.2 Å². The minimum atomic E-state index is -4.30. The largest absolute Gasteiger partial charge is 0.407 e. The highest BCUT2D eigenvalue weighted by Gasteiger charge is 2.29. The van der Waals surface area contributed by atoms with Crippen LogP contribution in [0.5, 0.6) is 0 Å². The van der Waals surface area contributed by atoms with Gasteiger partial charge in [-0.15, -0.1) is 24.5 Å². The number of hydrogen-bond donors (Lipinski definition) is 0. The summed E-state index contributed by atoms with van der Waals surface area (Å²) < 4.78 is 37.5. The van der Waals surface area contributed by atoms with Crippen molar-refractivity contribution in [2.45, 2.75) is 38.4 Å². The molecule has 0 saturated carbocycles. The molecule has 0 N–H and O–H groups in total. The van der Waals surface area contributed by atoms with Gasteiger partial charge in [-0.3, -0.25) is 9.80 Å². The molecule has 9 heteroatoms. The SMILES string of the molecule is C=C.CC/C(=N\N(C)CC(F)(F)F)c1ccc(C(=O)N2CCC(N(C)C)CC2)s1. The Kier molecular flexibility index (Phi) is 9.85. The lowest BCUT2D eigenvalue weighted by Crippen LogP contribution is -2.44. The first kappa shape index (κ1) is 25.2. The second kappa shape index (κ2) is 11.3. The standard InChI is InChI=1S/C18H27F3N4OS.C2H4/c1-5-14(22-24(4)12-18(19,20)21)15-6-7-16(27-15)17(26)25-10-8-13(9-11-25)23(2)3;1-2/h6-7,13H,5,8-12H2,1-4H3;1-2H2/b22-14+;. The van der Waals surface area contributed by atoms with Gasteiger partial charge in [0.2, 0.25) is 0 Å². The predicted octanol–water partition coefficient (Wildman–Crippen LogP) is 4.32. The molecule has 2 heterocycles. The Balaban J connectivity index is 0.00000204. The number of alkyl halides is 3. The highest BCUT2D eigenvalue weighted by atomic mass is 32.1. The van der Waals surface area contributed by atoms with E-state index in [0.717, 1.165) is 35.8 Å². The van der Waals surface area contributed by atoms with Gasteiger partial charge in [0.25, 0.3) is 5.91 Å². The summed E-state index contributed by atoms with van der Waals surface area (Å²) in [5.74, 6) is -0.0115. The molecule has 0 aliphatic carbocycles. The number of amides is 1. The maximum Gasteiger partial charge on any atom is 0.407 e. The number of carbonyl (C=O) groups is 1. The summed E-state index contributed by atoms with van der Waals surface area (Å²) >= 11 is 1.29. The van der Waals surface area contributed by atoms with Gasteiger partial charge in [0.05, 0.1) is 15.5 Å². The van der Waals surface area contributed by atoms with E-state index in [9.17, 15) is 18.0 Å². The summed E-state index contributed by atoms with van der Waals surface area (Å²) in [6.45, 7) is 8.18. The van der Waals surface area contributed by atoms with Crippen molar-refractivity contribution in [1.29, 1.82) is 0 Å². The van der Waals surface area contributed by atoms with Gasteiger partial charge in [0.15, 0.2) is 0 Å². The molecule has 0 aromatic carbocycles. The molecule has 164 valence electrons. The van der Waals surface area contributed by atoms with Gasteiger partial charge in [-0.1, -0.05) is 6.92 Å². The zero-order valence-electron chi connectivity index (χ0n) is 17.6. The normalized spacial score (nSPS) is 15.9. The number of likely N-dealkylation sites (tertiary alicyclic amines) is 1. The second-order valence-corrected chi connectivity index (χ2v) is 8.07. The van der Waals surface area contributed by atoms with Crippen LogP contribution in [0.4, 0.5) is 13.2 Å². The van der Waals surface area contributed by atoms with Crippen molar-refractivity contribution in [2.75, 3.05) is 40.8 Å². The minimum absolute atomic E-state index is 0.0115. The Hall–Kier alpha value is -1.87. The van der Waals surface area contributed by atoms with E-state index in [1.165, 1.54) is 18.4 Å². The molecule has 0 spiro atoms. The average Bonchev–Trinajstić information content (AvgIpc) is 3.15. The summed E-state index contributed by atoms with van der Waals surface area (Å²) in [6, 6.07) is 4.01. The Morgan fingerprint density at radius 3 is 2.24 bits per heavy atom. The lowest BCUT2D eigenvalue weighted by molar-refractivity contribution is -0.142. The van der Waals surface area contributed by atoms with Crippen LogP contribution in [0.3, 0.4) is 0 Å². The van der Waals surface area contributed by atoms with Crippen LogP contribution in [-0.2, 0) is 0 Å². The van der Waals surface area contributed by atoms with Crippen molar-refractivity contribution < 1.29 is 18.0 Å². The van der Waals surface area contributed by atoms with Gasteiger partial charge >= 0.3 is 6.18 Å². The number of piperidine rings is 1. The molecule has 2 rings (SSSR count). The monoisotopic (exact) mass is 432 g/mol. The third-order valence-electron chi connectivity index (χ3n) is 4.62. The summed E-state index contributed by atoms with van der Waals surface area (Å²) in [7, 11) is 5.40. The van der Waals surface area contributed by atoms with E-state index in [1.807, 2.05) is 11.8 Å². The number of hydrogen-bond acceptors (Lipinski definition) is 5. The number of rotatable bonds is 6. The fourth-order valence-electron chi connectivity index (χ4n) is 3.14. The molecule has 0 radical (unpaired) electrons. The lowest BCUT2D eigenvalue weighted by atomic mass is 10.0. The predicted molar refractivity (Wildman–Crippen MR) is 114 cm³/mol. The van der Waals surface area contributed by atoms with Crippen LogP contribution in [0.25, 0.3) is 0 Å². The molecular weight excluding hydrogens is 401 g/mol. The van der Waals surface area contributed by atoms with Crippen LogP contribution in [0.15, 0.2) is 30.4 Å². The first-order chi connectivity index (χ1) is 13.6. The van der Waals surface area contributed by atoms with E-state index >= 15 is 0 Å². The van der Waals surface area contributed by atoms with Gasteiger partial charge in [-0.05, 0) is 45.5 Å². The first-order valence-corrected chi connectivity index (χ1v) is 10.3. The molecule has 1 aliphatic heterocycles. The Bertz CT molecular complexity index is 680. The smallest absolute Gasteiger partial charge is 0.338 e. The molecular formula is C20H31F3N4OS. The molecule has 1 amide bonds. The van der Waals surface area contributed by atoms with Gasteiger partial charge in [0, 0.05) is 26.2 Å². The molecule has 1 aromatic rings. The molecule has 0 bridgehead atoms. The molecule has 1 aromatic heterocycles. The highest BCUT2D eigenvalue weighted by molar-refractivity contribution is 7.16. The van der Waals surface area contributed by atoms with E-state index in [4.69, 9.17) is 0 Å². The highest BCUT2D eigenvalue weighted by Crippen LogP contribution is 2.24. The fourth-order valence-corrected chi connectivity index (χ4v) is 4.17. The van der Waals surface area contributed by atoms with E-state index in [1.54, 1.807) is 12.1 Å². The molecule has 29 heavy (non-hydrogen) atoms. The van der Waals surface area contributed by atoms with Crippen molar-refractivity contribution >= 4 is 23.0 Å². The van der Waals surface area contributed by atoms with Crippen LogP contribution in [0.1, 0.15) is 40.7 Å². The second-order valence-electron chi connectivity index (χ2n) is 6.98. The van der Waals surface area contributed by atoms with Gasteiger partial charge in [-0.25, -0.2) is 0 Å². The number of thiophene rings is 1. The van der Waals surface area contributed by atoms with E-state index in [2.05, 4.69) is 37.3 Å². The van der Waals surface area contributed by atoms with Crippen molar-refractivity contribution in [3.63, 3.8) is 0 Å². The minimum Gasteiger partial charge on any atom is -0.338 e. The maximum atomic E-state index is 12.7. The number of halogens is 3. The summed E-state index contributed by atoms with van der Waals surface area (Å²) in [4.78, 5) is 18.1. The Morgan fingerprint density at radius 2 is 1.76 bits per heavy atom. The lowest BCUT2D eigenvalue weighted by Gasteiger charge is -2.35. The molecule has 1 aliphatic rings. The summed E-state index contributed by atoms with van der Waals surface area (Å²) in [5, 5.41) is 4.97. The van der Waals surface area contributed by atoms with Crippen LogP contribution in [0, 0.1) is 0 Å². The van der Waals surface area contributed by atoms with Crippen LogP contribution < -0.4 is 0 Å². The van der Waals surface area contributed by atoms with Crippen molar-refractivity contribution in [3.05, 3.63) is 35.0 Å². The third kappa shape index (κ3) is 7.81. The van der Waals surface area contributed by atoms with Crippen molar-refractivity contribution in [1.82, 2.24) is 14.8 Å².